The number of anilines is 2. The van der Waals surface area contributed by atoms with E-state index in [1.54, 1.807) is 36.5 Å². The molecule has 0 aliphatic carbocycles. The number of aryl methyl sites for hydroxylation is 1. The number of carbonyl (C=O) groups excluding carboxylic acids is 3. The number of nitrogens with one attached hydrogen (secondary N) is 1. The minimum atomic E-state index is -1.20. The number of non-ortho nitro benzene ring substituents is 1. The summed E-state index contributed by atoms with van der Waals surface area (Å²) in [4.78, 5) is 51.3. The zero-order valence-electron chi connectivity index (χ0n) is 15.4. The van der Waals surface area contributed by atoms with Gasteiger partial charge in [-0.2, -0.15) is 0 Å². The second-order valence-corrected chi connectivity index (χ2v) is 7.63. The lowest BCUT2D eigenvalue weighted by atomic mass is 9.77. The fourth-order valence-electron chi connectivity index (χ4n) is 4.92. The molecular formula is C20H17N4O5+. The Morgan fingerprint density at radius 3 is 2.69 bits per heavy atom. The average Bonchev–Trinajstić information content (AvgIpc) is 3.30. The predicted octanol–water partition coefficient (Wildman–Crippen LogP) is 0.433. The summed E-state index contributed by atoms with van der Waals surface area (Å²) in [5, 5.41) is 15.8. The number of nitrogens with two attached hydrogens (primary N) is 1. The third-order valence-corrected chi connectivity index (χ3v) is 6.25. The van der Waals surface area contributed by atoms with E-state index >= 15 is 0 Å². The van der Waals surface area contributed by atoms with Gasteiger partial charge in [-0.05, 0) is 18.6 Å². The normalized spacial score (nSPS) is 27.3. The van der Waals surface area contributed by atoms with Crippen LogP contribution in [-0.2, 0) is 19.9 Å². The molecular weight excluding hydrogens is 376 g/mol. The number of nitro benzene ring substituents is 1. The molecule has 3 heterocycles. The van der Waals surface area contributed by atoms with Crippen molar-refractivity contribution in [3.8, 4) is 0 Å². The fraction of sp³-hybridized carbons (Fsp3) is 0.250. The molecule has 3 N–H and O–H groups in total. The molecule has 2 aromatic rings. The van der Waals surface area contributed by atoms with Crippen LogP contribution in [0.15, 0.2) is 42.5 Å². The zero-order chi connectivity index (χ0) is 20.5. The molecule has 2 fully saturated rings. The Hall–Kier alpha value is -3.59. The average molecular weight is 393 g/mol. The van der Waals surface area contributed by atoms with Crippen LogP contribution in [0.4, 0.5) is 17.1 Å². The van der Waals surface area contributed by atoms with E-state index in [2.05, 4.69) is 5.32 Å². The number of amides is 3. The zero-order valence-corrected chi connectivity index (χ0v) is 15.4. The number of quaternary nitrogens is 1. The number of fused-ring (bicyclic) bond motifs is 4. The van der Waals surface area contributed by atoms with Crippen LogP contribution < -0.4 is 15.5 Å². The Morgan fingerprint density at radius 1 is 1.17 bits per heavy atom. The summed E-state index contributed by atoms with van der Waals surface area (Å²) < 4.78 is 0. The van der Waals surface area contributed by atoms with Crippen LogP contribution in [0.1, 0.15) is 11.1 Å². The second-order valence-electron chi connectivity index (χ2n) is 7.63. The van der Waals surface area contributed by atoms with E-state index in [9.17, 15) is 24.5 Å². The molecule has 0 aromatic heterocycles. The van der Waals surface area contributed by atoms with Gasteiger partial charge in [0.1, 0.15) is 11.8 Å². The van der Waals surface area contributed by atoms with Crippen LogP contribution >= 0.6 is 0 Å². The number of rotatable bonds is 2. The standard InChI is InChI=1S/C20H16N4O5/c1-10-6-7-11(24(28)29)8-15(10)23-17(25)12-9-21-20(16(12)18(23)26)13-4-2-3-5-14(13)22-19(20)27/h2-8,12,16,21H,9H2,1H3,(H,22,27)/p+1/t12-,16+,20-/m1/s1. The SMILES string of the molecule is Cc1ccc([N+](=O)[O-])cc1N1C(=O)[C@@H]2[C@@H](C[NH2+][C@@]23C(=O)Nc2ccccc23)C1=O. The molecule has 0 saturated carbocycles. The van der Waals surface area contributed by atoms with E-state index in [0.29, 0.717) is 23.4 Å². The summed E-state index contributed by atoms with van der Waals surface area (Å²) in [6.07, 6.45) is 0. The predicted molar refractivity (Wildman–Crippen MR) is 101 cm³/mol. The lowest BCUT2D eigenvalue weighted by Crippen LogP contribution is -2.95. The molecule has 0 bridgehead atoms. The molecule has 0 unspecified atom stereocenters. The largest absolute Gasteiger partial charge is 0.328 e. The Kier molecular flexibility index (Phi) is 3.45. The topological polar surface area (TPSA) is 126 Å². The molecule has 2 saturated heterocycles. The molecule has 0 radical (unpaired) electrons. The number of nitrogens with zero attached hydrogens (tertiary/aromatic N) is 2. The third kappa shape index (κ3) is 2.10. The van der Waals surface area contributed by atoms with Gasteiger partial charge in [-0.15, -0.1) is 0 Å². The van der Waals surface area contributed by atoms with E-state index < -0.39 is 34.1 Å². The van der Waals surface area contributed by atoms with Crippen molar-refractivity contribution in [3.05, 3.63) is 63.7 Å². The van der Waals surface area contributed by atoms with Crippen LogP contribution in [0.25, 0.3) is 0 Å². The van der Waals surface area contributed by atoms with Gasteiger partial charge < -0.3 is 10.6 Å². The van der Waals surface area contributed by atoms with Gasteiger partial charge >= 0.3 is 0 Å². The monoisotopic (exact) mass is 393 g/mol. The van der Waals surface area contributed by atoms with Gasteiger partial charge in [0.25, 0.3) is 11.6 Å². The van der Waals surface area contributed by atoms with Crippen molar-refractivity contribution in [1.29, 1.82) is 0 Å². The lowest BCUT2D eigenvalue weighted by Gasteiger charge is -2.25. The number of hydrogen-bond donors (Lipinski definition) is 2. The minimum Gasteiger partial charge on any atom is -0.328 e. The maximum absolute atomic E-state index is 13.5. The maximum Gasteiger partial charge on any atom is 0.291 e. The highest BCUT2D eigenvalue weighted by molar-refractivity contribution is 6.25. The Morgan fingerprint density at radius 2 is 1.93 bits per heavy atom. The number of carbonyl (C=O) groups is 3. The molecule has 1 spiro atoms. The van der Waals surface area contributed by atoms with E-state index in [1.807, 2.05) is 0 Å². The summed E-state index contributed by atoms with van der Waals surface area (Å²) in [7, 11) is 0. The van der Waals surface area contributed by atoms with Crippen molar-refractivity contribution in [1.82, 2.24) is 0 Å². The van der Waals surface area contributed by atoms with Crippen molar-refractivity contribution in [3.63, 3.8) is 0 Å². The first-order valence-electron chi connectivity index (χ1n) is 9.24. The van der Waals surface area contributed by atoms with Crippen molar-refractivity contribution in [2.75, 3.05) is 16.8 Å². The fourth-order valence-corrected chi connectivity index (χ4v) is 4.92. The minimum absolute atomic E-state index is 0.199. The Labute approximate surface area is 164 Å². The molecule has 5 rings (SSSR count). The highest BCUT2D eigenvalue weighted by Crippen LogP contribution is 2.48. The quantitative estimate of drug-likeness (QED) is 0.435. The van der Waals surface area contributed by atoms with Gasteiger partial charge in [0, 0.05) is 17.7 Å². The van der Waals surface area contributed by atoms with Crippen molar-refractivity contribution in [2.45, 2.75) is 12.5 Å². The number of imide groups is 1. The third-order valence-electron chi connectivity index (χ3n) is 6.25. The molecule has 3 aliphatic rings. The van der Waals surface area contributed by atoms with E-state index in [4.69, 9.17) is 0 Å². The summed E-state index contributed by atoms with van der Waals surface area (Å²) in [5.41, 5.74) is 0.707. The molecule has 29 heavy (non-hydrogen) atoms. The van der Waals surface area contributed by atoms with Crippen LogP contribution in [0, 0.1) is 28.9 Å². The summed E-state index contributed by atoms with van der Waals surface area (Å²) in [6.45, 7) is 1.98. The van der Waals surface area contributed by atoms with Crippen molar-refractivity contribution in [2.24, 2.45) is 11.8 Å². The smallest absolute Gasteiger partial charge is 0.291 e. The Balaban J connectivity index is 1.63. The molecule has 3 amide bonds. The van der Waals surface area contributed by atoms with Gasteiger partial charge in [0.2, 0.25) is 17.4 Å². The van der Waals surface area contributed by atoms with Crippen molar-refractivity contribution >= 4 is 34.8 Å². The highest BCUT2D eigenvalue weighted by atomic mass is 16.6. The Bertz CT molecular complexity index is 1130. The van der Waals surface area contributed by atoms with Gasteiger partial charge in [-0.25, -0.2) is 4.90 Å². The van der Waals surface area contributed by atoms with Gasteiger partial charge in [-0.3, -0.25) is 24.5 Å². The molecule has 2 aromatic carbocycles. The first-order valence-corrected chi connectivity index (χ1v) is 9.24. The molecule has 9 heteroatoms. The second kappa shape index (κ2) is 5.71. The number of para-hydroxylation sites is 1. The van der Waals surface area contributed by atoms with Crippen LogP contribution in [0.2, 0.25) is 0 Å². The van der Waals surface area contributed by atoms with E-state index in [-0.39, 0.29) is 17.3 Å². The lowest BCUT2D eigenvalue weighted by molar-refractivity contribution is -0.703. The molecule has 9 nitrogen and oxygen atoms in total. The van der Waals surface area contributed by atoms with Crippen LogP contribution in [-0.4, -0.2) is 29.2 Å². The summed E-state index contributed by atoms with van der Waals surface area (Å²) >= 11 is 0. The molecule has 3 atom stereocenters. The van der Waals surface area contributed by atoms with E-state index in [1.165, 1.54) is 18.2 Å². The van der Waals surface area contributed by atoms with Gasteiger partial charge in [0.15, 0.2) is 0 Å². The first-order chi connectivity index (χ1) is 13.9. The summed E-state index contributed by atoms with van der Waals surface area (Å²) in [6, 6.07) is 11.3. The van der Waals surface area contributed by atoms with Gasteiger partial charge in [-0.1, -0.05) is 24.3 Å². The first kappa shape index (κ1) is 17.5. The van der Waals surface area contributed by atoms with E-state index in [0.717, 1.165) is 4.90 Å². The summed E-state index contributed by atoms with van der Waals surface area (Å²) in [5.74, 6) is -2.77. The maximum atomic E-state index is 13.5. The molecule has 146 valence electrons. The number of nitro groups is 1. The van der Waals surface area contributed by atoms with Crippen LogP contribution in [0.5, 0.6) is 0 Å². The van der Waals surface area contributed by atoms with Crippen molar-refractivity contribution < 1.29 is 24.6 Å². The van der Waals surface area contributed by atoms with Gasteiger partial charge in [0.05, 0.1) is 22.8 Å². The van der Waals surface area contributed by atoms with Crippen LogP contribution in [0.3, 0.4) is 0 Å². The highest BCUT2D eigenvalue weighted by Gasteiger charge is 2.71. The number of benzene rings is 2. The number of hydrogen-bond acceptors (Lipinski definition) is 5. The molecule has 3 aliphatic heterocycles.